The van der Waals surface area contributed by atoms with Crippen molar-refractivity contribution in [3.63, 3.8) is 0 Å². The van der Waals surface area contributed by atoms with Crippen LogP contribution in [-0.2, 0) is 11.5 Å². The van der Waals surface area contributed by atoms with Gasteiger partial charge in [0.15, 0.2) is 23.0 Å². The maximum atomic E-state index is 13.0. The van der Waals surface area contributed by atoms with E-state index in [1.165, 1.54) is 0 Å². The molecule has 0 spiro atoms. The number of hydrogen-bond donors (Lipinski definition) is 0. The van der Waals surface area contributed by atoms with Gasteiger partial charge in [0.1, 0.15) is 6.61 Å². The molecule has 3 aromatic rings. The number of carbonyl (C=O) groups is 1. The summed E-state index contributed by atoms with van der Waals surface area (Å²) in [4.78, 5) is 17.2. The Morgan fingerprint density at radius 3 is 2.54 bits per heavy atom. The third-order valence-electron chi connectivity index (χ3n) is 6.04. The maximum absolute atomic E-state index is 13.0. The van der Waals surface area contributed by atoms with Gasteiger partial charge in [-0.2, -0.15) is 0 Å². The molecule has 1 fully saturated rings. The van der Waals surface area contributed by atoms with Crippen molar-refractivity contribution in [1.29, 1.82) is 0 Å². The highest BCUT2D eigenvalue weighted by atomic mass is 32.1. The van der Waals surface area contributed by atoms with Crippen LogP contribution in [0.1, 0.15) is 0 Å². The molecule has 10 nitrogen and oxygen atoms in total. The Morgan fingerprint density at radius 2 is 1.80 bits per heavy atom. The van der Waals surface area contributed by atoms with Crippen molar-refractivity contribution in [2.24, 2.45) is 0 Å². The topological polar surface area (TPSA) is 91.4 Å². The normalized spacial score (nSPS) is 17.8. The molecule has 1 saturated heterocycles. The van der Waals surface area contributed by atoms with Gasteiger partial charge in [-0.1, -0.05) is 12.1 Å². The molecule has 3 heterocycles. The second-order valence-corrected chi connectivity index (χ2v) is 8.54. The standard InChI is InChI=1S/C24H26N4O6S/c1-30-17-8-7-16(13-20(17)31-2)22-25-28(24(35)34-22)15-26-9-11-27(12-10-26)23(29)21-14-32-18-5-3-4-6-19(18)33-21/h3-8,13,21H,9-12,14-15H2,1-2H3. The summed E-state index contributed by atoms with van der Waals surface area (Å²) >= 11 is 5.39. The third-order valence-corrected chi connectivity index (χ3v) is 6.33. The zero-order valence-corrected chi connectivity index (χ0v) is 20.3. The number of methoxy groups -OCH3 is 2. The molecule has 0 radical (unpaired) electrons. The molecule has 5 rings (SSSR count). The summed E-state index contributed by atoms with van der Waals surface area (Å²) in [6.45, 7) is 3.19. The summed E-state index contributed by atoms with van der Waals surface area (Å²) in [6, 6.07) is 12.8. The Bertz CT molecular complexity index is 1270. The lowest BCUT2D eigenvalue weighted by atomic mass is 10.2. The first-order chi connectivity index (χ1) is 17.1. The molecular weight excluding hydrogens is 472 g/mol. The van der Waals surface area contributed by atoms with Crippen LogP contribution in [0, 0.1) is 4.84 Å². The van der Waals surface area contributed by atoms with Crippen LogP contribution in [-0.4, -0.2) is 78.6 Å². The number of rotatable bonds is 6. The van der Waals surface area contributed by atoms with Crippen LogP contribution in [0.5, 0.6) is 23.0 Å². The second-order valence-electron chi connectivity index (χ2n) is 8.19. The lowest BCUT2D eigenvalue weighted by molar-refractivity contribution is -0.143. The minimum absolute atomic E-state index is 0.0621. The molecule has 184 valence electrons. The molecule has 1 atom stereocenters. The van der Waals surface area contributed by atoms with Gasteiger partial charge in [-0.15, -0.1) is 5.10 Å². The number of amides is 1. The summed E-state index contributed by atoms with van der Waals surface area (Å²) in [5, 5.41) is 4.54. The number of nitrogens with zero attached hydrogens (tertiary/aromatic N) is 4. The first-order valence-electron chi connectivity index (χ1n) is 11.3. The summed E-state index contributed by atoms with van der Waals surface area (Å²) in [7, 11) is 3.16. The van der Waals surface area contributed by atoms with Gasteiger partial charge in [0.2, 0.25) is 12.0 Å². The Morgan fingerprint density at radius 1 is 1.06 bits per heavy atom. The largest absolute Gasteiger partial charge is 0.493 e. The molecule has 2 aliphatic rings. The number of carbonyl (C=O) groups excluding carboxylic acids is 1. The van der Waals surface area contributed by atoms with E-state index in [-0.39, 0.29) is 17.4 Å². The van der Waals surface area contributed by atoms with E-state index < -0.39 is 6.10 Å². The van der Waals surface area contributed by atoms with Crippen molar-refractivity contribution in [1.82, 2.24) is 19.6 Å². The fraction of sp³-hybridized carbons (Fsp3) is 0.375. The quantitative estimate of drug-likeness (QED) is 0.476. The third kappa shape index (κ3) is 4.82. The molecule has 0 aliphatic carbocycles. The maximum Gasteiger partial charge on any atom is 0.288 e. The first-order valence-corrected chi connectivity index (χ1v) is 11.7. The Balaban J connectivity index is 1.19. The van der Waals surface area contributed by atoms with Gasteiger partial charge in [-0.25, -0.2) is 4.68 Å². The van der Waals surface area contributed by atoms with Crippen molar-refractivity contribution < 1.29 is 28.2 Å². The Hall–Kier alpha value is -3.57. The highest BCUT2D eigenvalue weighted by Crippen LogP contribution is 2.32. The van der Waals surface area contributed by atoms with E-state index in [9.17, 15) is 4.79 Å². The molecular formula is C24H26N4O6S. The molecule has 1 amide bonds. The van der Waals surface area contributed by atoms with E-state index >= 15 is 0 Å². The smallest absolute Gasteiger partial charge is 0.288 e. The fourth-order valence-corrected chi connectivity index (χ4v) is 4.30. The van der Waals surface area contributed by atoms with Crippen molar-refractivity contribution in [2.45, 2.75) is 12.8 Å². The summed E-state index contributed by atoms with van der Waals surface area (Å²) in [6.07, 6.45) is -0.635. The zero-order valence-electron chi connectivity index (χ0n) is 19.5. The Kier molecular flexibility index (Phi) is 6.60. The summed E-state index contributed by atoms with van der Waals surface area (Å²) in [5.74, 6) is 2.81. The van der Waals surface area contributed by atoms with Gasteiger partial charge >= 0.3 is 0 Å². The van der Waals surface area contributed by atoms with Gasteiger partial charge in [0.25, 0.3) is 10.7 Å². The van der Waals surface area contributed by atoms with Crippen LogP contribution in [0.15, 0.2) is 46.9 Å². The SMILES string of the molecule is COc1ccc(-c2nn(CN3CCN(C(=O)C4COc5ccccc5O4)CC3)c(=S)o2)cc1OC. The van der Waals surface area contributed by atoms with Gasteiger partial charge in [-0.3, -0.25) is 9.69 Å². The predicted octanol–water partition coefficient (Wildman–Crippen LogP) is 2.83. The lowest BCUT2D eigenvalue weighted by Gasteiger charge is -2.36. The van der Waals surface area contributed by atoms with Crippen LogP contribution < -0.4 is 18.9 Å². The van der Waals surface area contributed by atoms with Crippen molar-refractivity contribution in [3.05, 3.63) is 47.3 Å². The van der Waals surface area contributed by atoms with Crippen LogP contribution in [0.3, 0.4) is 0 Å². The molecule has 1 aromatic heterocycles. The average Bonchev–Trinajstić information content (AvgIpc) is 3.27. The number of piperazine rings is 1. The van der Waals surface area contributed by atoms with Crippen molar-refractivity contribution in [3.8, 4) is 34.5 Å². The van der Waals surface area contributed by atoms with E-state index in [0.29, 0.717) is 61.7 Å². The zero-order chi connectivity index (χ0) is 24.4. The number of benzene rings is 2. The number of aromatic nitrogens is 2. The van der Waals surface area contributed by atoms with Crippen molar-refractivity contribution in [2.75, 3.05) is 47.0 Å². The van der Waals surface area contributed by atoms with Crippen LogP contribution in [0.4, 0.5) is 0 Å². The molecule has 2 aromatic carbocycles. The minimum Gasteiger partial charge on any atom is -0.493 e. The Labute approximate surface area is 207 Å². The van der Waals surface area contributed by atoms with E-state index in [1.807, 2.05) is 35.2 Å². The van der Waals surface area contributed by atoms with Gasteiger partial charge in [-0.05, 0) is 42.5 Å². The number of fused-ring (bicyclic) bond motifs is 1. The summed E-state index contributed by atoms with van der Waals surface area (Å²) in [5.41, 5.74) is 0.735. The van der Waals surface area contributed by atoms with Crippen LogP contribution >= 0.6 is 12.2 Å². The highest BCUT2D eigenvalue weighted by Gasteiger charge is 2.32. The van der Waals surface area contributed by atoms with E-state index in [1.54, 1.807) is 31.0 Å². The van der Waals surface area contributed by atoms with E-state index in [4.69, 9.17) is 35.6 Å². The molecule has 2 aliphatic heterocycles. The van der Waals surface area contributed by atoms with Gasteiger partial charge in [0.05, 0.1) is 20.9 Å². The number of para-hydroxylation sites is 2. The average molecular weight is 499 g/mol. The molecule has 11 heteroatoms. The lowest BCUT2D eigenvalue weighted by Crippen LogP contribution is -2.54. The molecule has 0 bridgehead atoms. The van der Waals surface area contributed by atoms with Crippen LogP contribution in [0.2, 0.25) is 0 Å². The monoisotopic (exact) mass is 498 g/mol. The first kappa shape index (κ1) is 23.2. The predicted molar refractivity (Wildman–Crippen MR) is 128 cm³/mol. The van der Waals surface area contributed by atoms with E-state index in [0.717, 1.165) is 5.56 Å². The molecule has 0 saturated carbocycles. The summed E-state index contributed by atoms with van der Waals surface area (Å²) < 4.78 is 29.6. The number of hydrogen-bond acceptors (Lipinski definition) is 9. The van der Waals surface area contributed by atoms with Gasteiger partial charge < -0.3 is 28.3 Å². The van der Waals surface area contributed by atoms with Gasteiger partial charge in [0, 0.05) is 31.7 Å². The van der Waals surface area contributed by atoms with E-state index in [2.05, 4.69) is 10.00 Å². The minimum atomic E-state index is -0.635. The molecule has 35 heavy (non-hydrogen) atoms. The fourth-order valence-electron chi connectivity index (χ4n) is 4.13. The highest BCUT2D eigenvalue weighted by molar-refractivity contribution is 7.71. The van der Waals surface area contributed by atoms with Crippen LogP contribution in [0.25, 0.3) is 11.5 Å². The van der Waals surface area contributed by atoms with Crippen molar-refractivity contribution >= 4 is 18.1 Å². The molecule has 1 unspecified atom stereocenters. The second kappa shape index (κ2) is 9.96. The molecule has 0 N–H and O–H groups in total. The number of ether oxygens (including phenoxy) is 4.